The Morgan fingerprint density at radius 3 is 2.89 bits per heavy atom. The van der Waals surface area contributed by atoms with Crippen molar-refractivity contribution in [3.8, 4) is 0 Å². The van der Waals surface area contributed by atoms with E-state index in [-0.39, 0.29) is 12.6 Å². The maximum Gasteiger partial charge on any atom is 0.107 e. The normalized spacial score (nSPS) is 22.8. The van der Waals surface area contributed by atoms with E-state index in [2.05, 4.69) is 17.9 Å². The molecule has 2 unspecified atom stereocenters. The van der Waals surface area contributed by atoms with Crippen LogP contribution in [0.4, 0.5) is 5.69 Å². The van der Waals surface area contributed by atoms with Crippen molar-refractivity contribution in [2.45, 2.75) is 24.3 Å². The summed E-state index contributed by atoms with van der Waals surface area (Å²) >= 11 is 6.87. The molecular weight excluding hydrogens is 276 g/mol. The Hall–Kier alpha value is -0.780. The molecular formula is C14H20N2OS2. The van der Waals surface area contributed by atoms with Gasteiger partial charge < -0.3 is 15.7 Å². The van der Waals surface area contributed by atoms with E-state index < -0.39 is 0 Å². The van der Waals surface area contributed by atoms with Crippen LogP contribution in [0.3, 0.4) is 0 Å². The second-order valence-electron chi connectivity index (χ2n) is 4.93. The molecule has 0 saturated carbocycles. The maximum absolute atomic E-state index is 9.61. The molecule has 1 aromatic carbocycles. The first kappa shape index (κ1) is 14.6. The minimum absolute atomic E-state index is 0.158. The zero-order valence-electron chi connectivity index (χ0n) is 11.3. The molecule has 1 fully saturated rings. The highest BCUT2D eigenvalue weighted by Gasteiger charge is 2.32. The second-order valence-corrected chi connectivity index (χ2v) is 6.22. The molecule has 1 aliphatic rings. The topological polar surface area (TPSA) is 49.5 Å². The van der Waals surface area contributed by atoms with E-state index in [0.29, 0.717) is 10.9 Å². The number of benzene rings is 1. The number of thioether (sulfide) groups is 1. The van der Waals surface area contributed by atoms with Gasteiger partial charge in [-0.1, -0.05) is 25.2 Å². The molecule has 0 aromatic heterocycles. The van der Waals surface area contributed by atoms with Gasteiger partial charge in [0.25, 0.3) is 0 Å². The Balaban J connectivity index is 2.47. The van der Waals surface area contributed by atoms with E-state index in [1.165, 1.54) is 0 Å². The Labute approximate surface area is 124 Å². The van der Waals surface area contributed by atoms with Gasteiger partial charge in [0.2, 0.25) is 0 Å². The lowest BCUT2D eigenvalue weighted by Gasteiger charge is -2.29. The van der Waals surface area contributed by atoms with Gasteiger partial charge in [-0.25, -0.2) is 0 Å². The van der Waals surface area contributed by atoms with Crippen molar-refractivity contribution in [2.75, 3.05) is 24.3 Å². The fraction of sp³-hybridized carbons (Fsp3) is 0.500. The average Bonchev–Trinajstić information content (AvgIpc) is 2.78. The molecule has 0 spiro atoms. The van der Waals surface area contributed by atoms with Crippen LogP contribution >= 0.6 is 24.0 Å². The predicted molar refractivity (Wildman–Crippen MR) is 86.1 cm³/mol. The van der Waals surface area contributed by atoms with Crippen LogP contribution in [0.25, 0.3) is 0 Å². The zero-order chi connectivity index (χ0) is 14.0. The molecule has 2 atom stereocenters. The zero-order valence-corrected chi connectivity index (χ0v) is 12.9. The standard InChI is InChI=1S/C14H20N2OS2/c1-9-6-7-16(11(9)8-17)10-4-3-5-12(19-2)13(10)14(15)18/h3-5,9,11,17H,6-8H2,1-2H3,(H2,15,18). The Bertz CT molecular complexity index is 479. The molecule has 0 bridgehead atoms. The van der Waals surface area contributed by atoms with Gasteiger partial charge in [0.05, 0.1) is 12.6 Å². The van der Waals surface area contributed by atoms with Gasteiger partial charge in [-0.15, -0.1) is 11.8 Å². The molecule has 2 rings (SSSR count). The third-order valence-corrected chi connectivity index (χ3v) is 4.83. The number of nitrogens with zero attached hydrogens (tertiary/aromatic N) is 1. The largest absolute Gasteiger partial charge is 0.394 e. The van der Waals surface area contributed by atoms with E-state index in [9.17, 15) is 5.11 Å². The van der Waals surface area contributed by atoms with Crippen LogP contribution in [0, 0.1) is 5.92 Å². The molecule has 3 N–H and O–H groups in total. The van der Waals surface area contributed by atoms with Gasteiger partial charge in [0.1, 0.15) is 4.99 Å². The summed E-state index contributed by atoms with van der Waals surface area (Å²) in [5, 5.41) is 9.61. The molecule has 19 heavy (non-hydrogen) atoms. The summed E-state index contributed by atoms with van der Waals surface area (Å²) in [6, 6.07) is 6.27. The van der Waals surface area contributed by atoms with Gasteiger partial charge in [-0.2, -0.15) is 0 Å². The molecule has 104 valence electrons. The summed E-state index contributed by atoms with van der Waals surface area (Å²) < 4.78 is 0. The Morgan fingerprint density at radius 2 is 2.32 bits per heavy atom. The second kappa shape index (κ2) is 6.11. The first-order valence-corrected chi connectivity index (χ1v) is 8.07. The van der Waals surface area contributed by atoms with E-state index in [1.54, 1.807) is 11.8 Å². The highest BCUT2D eigenvalue weighted by Crippen LogP contribution is 2.35. The summed E-state index contributed by atoms with van der Waals surface area (Å²) in [6.07, 6.45) is 3.11. The number of hydrogen-bond donors (Lipinski definition) is 2. The van der Waals surface area contributed by atoms with Crippen LogP contribution < -0.4 is 10.6 Å². The third-order valence-electron chi connectivity index (χ3n) is 3.85. The smallest absolute Gasteiger partial charge is 0.107 e. The summed E-state index contributed by atoms with van der Waals surface area (Å²) in [5.41, 5.74) is 7.91. The molecule has 0 amide bonds. The van der Waals surface area contributed by atoms with Gasteiger partial charge >= 0.3 is 0 Å². The van der Waals surface area contributed by atoms with E-state index in [4.69, 9.17) is 18.0 Å². The first-order chi connectivity index (χ1) is 9.10. The lowest BCUT2D eigenvalue weighted by atomic mass is 10.0. The van der Waals surface area contributed by atoms with Gasteiger partial charge in [-0.3, -0.25) is 0 Å². The van der Waals surface area contributed by atoms with Crippen LogP contribution in [-0.4, -0.2) is 35.5 Å². The Morgan fingerprint density at radius 1 is 1.58 bits per heavy atom. The molecule has 1 aromatic rings. The predicted octanol–water partition coefficient (Wildman–Crippen LogP) is 2.25. The van der Waals surface area contributed by atoms with Crippen molar-refractivity contribution in [3.63, 3.8) is 0 Å². The van der Waals surface area contributed by atoms with Crippen LogP contribution in [0.1, 0.15) is 18.9 Å². The minimum atomic E-state index is 0.158. The van der Waals surface area contributed by atoms with Crippen molar-refractivity contribution in [1.29, 1.82) is 0 Å². The fourth-order valence-corrected chi connectivity index (χ4v) is 3.67. The number of rotatable bonds is 4. The molecule has 0 radical (unpaired) electrons. The fourth-order valence-electron chi connectivity index (χ4n) is 2.76. The molecule has 1 heterocycles. The summed E-state index contributed by atoms with van der Waals surface area (Å²) in [6.45, 7) is 3.29. The number of thiocarbonyl (C=S) groups is 1. The summed E-state index contributed by atoms with van der Waals surface area (Å²) in [4.78, 5) is 3.77. The minimum Gasteiger partial charge on any atom is -0.394 e. The van der Waals surface area contributed by atoms with Crippen molar-refractivity contribution < 1.29 is 5.11 Å². The van der Waals surface area contributed by atoms with Crippen molar-refractivity contribution in [1.82, 2.24) is 0 Å². The number of anilines is 1. The van der Waals surface area contributed by atoms with Crippen LogP contribution in [0.2, 0.25) is 0 Å². The van der Waals surface area contributed by atoms with Crippen molar-refractivity contribution in [2.24, 2.45) is 11.7 Å². The average molecular weight is 296 g/mol. The molecule has 3 nitrogen and oxygen atoms in total. The molecule has 0 aliphatic carbocycles. The maximum atomic E-state index is 9.61. The van der Waals surface area contributed by atoms with Crippen LogP contribution in [-0.2, 0) is 0 Å². The number of nitrogens with two attached hydrogens (primary N) is 1. The lowest BCUT2D eigenvalue weighted by Crippen LogP contribution is -2.36. The summed E-state index contributed by atoms with van der Waals surface area (Å²) in [7, 11) is 0. The highest BCUT2D eigenvalue weighted by molar-refractivity contribution is 7.98. The number of aliphatic hydroxyl groups excluding tert-OH is 1. The highest BCUT2D eigenvalue weighted by atomic mass is 32.2. The van der Waals surface area contributed by atoms with Crippen molar-refractivity contribution >= 4 is 34.7 Å². The SMILES string of the molecule is CSc1cccc(N2CCC(C)C2CO)c1C(N)=S. The Kier molecular flexibility index (Phi) is 4.71. The lowest BCUT2D eigenvalue weighted by molar-refractivity contribution is 0.244. The van der Waals surface area contributed by atoms with E-state index in [0.717, 1.165) is 29.1 Å². The van der Waals surface area contributed by atoms with Crippen molar-refractivity contribution in [3.05, 3.63) is 23.8 Å². The van der Waals surface area contributed by atoms with E-state index >= 15 is 0 Å². The first-order valence-electron chi connectivity index (χ1n) is 6.44. The monoisotopic (exact) mass is 296 g/mol. The van der Waals surface area contributed by atoms with Gasteiger partial charge in [0, 0.05) is 22.7 Å². The quantitative estimate of drug-likeness (QED) is 0.659. The molecule has 1 aliphatic heterocycles. The molecule has 5 heteroatoms. The number of aliphatic hydroxyl groups is 1. The third kappa shape index (κ3) is 2.73. The number of hydrogen-bond acceptors (Lipinski definition) is 4. The van der Waals surface area contributed by atoms with Crippen LogP contribution in [0.15, 0.2) is 23.1 Å². The van der Waals surface area contributed by atoms with Crippen LogP contribution in [0.5, 0.6) is 0 Å². The van der Waals surface area contributed by atoms with E-state index in [1.807, 2.05) is 18.4 Å². The van der Waals surface area contributed by atoms with Gasteiger partial charge in [0.15, 0.2) is 0 Å². The van der Waals surface area contributed by atoms with Gasteiger partial charge in [-0.05, 0) is 30.7 Å². The summed E-state index contributed by atoms with van der Waals surface area (Å²) in [5.74, 6) is 0.488. The molecule has 1 saturated heterocycles.